The highest BCUT2D eigenvalue weighted by atomic mass is 15.2. The minimum atomic E-state index is -0.661. The monoisotopic (exact) mass is 1700 g/mol. The molecule has 2 aliphatic rings. The lowest BCUT2D eigenvalue weighted by Crippen LogP contribution is -2.62. The number of anilines is 4. The molecule has 0 amide bonds. The largest absolute Gasteiger partial charge is 0.340 e. The van der Waals surface area contributed by atoms with Crippen molar-refractivity contribution >= 4 is 133 Å². The van der Waals surface area contributed by atoms with Gasteiger partial charge >= 0.3 is 0 Å². The van der Waals surface area contributed by atoms with Crippen LogP contribution in [0, 0.1) is 0 Å². The van der Waals surface area contributed by atoms with Crippen LogP contribution in [0.2, 0.25) is 0 Å². The van der Waals surface area contributed by atoms with Gasteiger partial charge in [0.2, 0.25) is 0 Å². The summed E-state index contributed by atoms with van der Waals surface area (Å²) in [4.78, 5) is 4.89. The summed E-state index contributed by atoms with van der Waals surface area (Å²) < 4.78 is 198. The van der Waals surface area contributed by atoms with E-state index in [-0.39, 0.29) is 115 Å². The Labute approximate surface area is 791 Å². The van der Waals surface area contributed by atoms with Gasteiger partial charge in [-0.25, -0.2) is 0 Å². The van der Waals surface area contributed by atoms with Crippen LogP contribution in [0.5, 0.6) is 0 Å². The molecule has 130 heavy (non-hydrogen) atoms. The Morgan fingerprint density at radius 2 is 0.592 bits per heavy atom. The second-order valence-corrected chi connectivity index (χ2v) is 39.3. The van der Waals surface area contributed by atoms with E-state index in [4.69, 9.17) is 5.48 Å². The van der Waals surface area contributed by atoms with E-state index in [0.29, 0.717) is 28.8 Å². The van der Waals surface area contributed by atoms with Crippen molar-refractivity contribution in [3.8, 4) is 55.9 Å². The molecule has 0 saturated carbocycles. The van der Waals surface area contributed by atoms with Crippen molar-refractivity contribution in [3.63, 3.8) is 0 Å². The number of para-hydroxylation sites is 5. The fourth-order valence-corrected chi connectivity index (χ4v) is 20.5. The molecule has 0 atom stereocenters. The first kappa shape index (κ1) is 61.1. The van der Waals surface area contributed by atoms with Gasteiger partial charge in [-0.05, 0) is 236 Å². The van der Waals surface area contributed by atoms with Gasteiger partial charge in [0.1, 0.15) is 0 Å². The number of nitrogens with zero attached hydrogens (tertiary/aromatic N) is 6. The number of aromatic nitrogens is 4. The number of aryl methyl sites for hydroxylation is 2. The molecule has 0 spiro atoms. The lowest BCUT2D eigenvalue weighted by molar-refractivity contribution is 0.590. The van der Waals surface area contributed by atoms with Crippen LogP contribution in [-0.4, -0.2) is 25.0 Å². The molecule has 7 heteroatoms. The summed E-state index contributed by atoms with van der Waals surface area (Å²) in [5.41, 5.74) is 23.8. The van der Waals surface area contributed by atoms with E-state index in [1.54, 1.807) is 22.8 Å². The molecule has 0 fully saturated rings. The van der Waals surface area contributed by atoms with Crippen LogP contribution in [0.3, 0.4) is 0 Å². The van der Waals surface area contributed by atoms with Crippen LogP contribution in [0.4, 0.5) is 22.7 Å². The van der Waals surface area contributed by atoms with Crippen molar-refractivity contribution in [3.05, 3.63) is 414 Å². The summed E-state index contributed by atoms with van der Waals surface area (Å²) in [5, 5.41) is 2.33. The summed E-state index contributed by atoms with van der Waals surface area (Å²) >= 11 is 0. The molecule has 4 aromatic heterocycles. The van der Waals surface area contributed by atoms with Gasteiger partial charge in [-0.1, -0.05) is 350 Å². The molecular weight excluding hydrogens is 1570 g/mol. The zero-order valence-electron chi connectivity index (χ0n) is 95.0. The summed E-state index contributed by atoms with van der Waals surface area (Å²) in [6.45, 7) is 27.1. The molecule has 0 radical (unpaired) electrons. The highest BCUT2D eigenvalue weighted by Gasteiger charge is 2.45. The van der Waals surface area contributed by atoms with Crippen LogP contribution < -0.4 is 26.2 Å². The molecule has 632 valence electrons. The maximum atomic E-state index is 10.2. The molecule has 0 bridgehead atoms. The molecule has 0 unspecified atom stereocenters. The number of hydrogen-bond donors (Lipinski definition) is 0. The fraction of sp³-hybridized carbons (Fsp3) is 0.171. The third-order valence-electron chi connectivity index (χ3n) is 27.2. The molecule has 2 aliphatic heterocycles. The number of benzene rings is 17. The molecule has 0 saturated heterocycles. The van der Waals surface area contributed by atoms with Crippen molar-refractivity contribution < 1.29 is 27.4 Å². The van der Waals surface area contributed by atoms with Crippen molar-refractivity contribution in [2.45, 2.75) is 137 Å². The number of rotatable bonds is 15. The van der Waals surface area contributed by atoms with Gasteiger partial charge in [-0.15, -0.1) is 0 Å². The zero-order valence-corrected chi connectivity index (χ0v) is 75.0. The first-order valence-corrected chi connectivity index (χ1v) is 45.0. The first-order chi connectivity index (χ1) is 71.3. The Morgan fingerprint density at radius 1 is 0.262 bits per heavy atom. The molecule has 6 nitrogen and oxygen atoms in total. The highest BCUT2D eigenvalue weighted by Crippen LogP contribution is 2.50. The Hall–Kier alpha value is -14.4. The zero-order chi connectivity index (χ0) is 106. The molecule has 23 rings (SSSR count). The fourth-order valence-electron chi connectivity index (χ4n) is 20.5. The first-order valence-electron chi connectivity index (χ1n) is 55.0. The van der Waals surface area contributed by atoms with Gasteiger partial charge in [-0.2, -0.15) is 0 Å². The topological polar surface area (TPSA) is 26.2 Å². The number of hydrogen-bond acceptors (Lipinski definition) is 2. The summed E-state index contributed by atoms with van der Waals surface area (Å²) in [6.07, 6.45) is 0.151. The van der Waals surface area contributed by atoms with Crippen molar-refractivity contribution in [2.24, 2.45) is 0 Å². The maximum absolute atomic E-state index is 10.2. The van der Waals surface area contributed by atoms with E-state index >= 15 is 0 Å². The van der Waals surface area contributed by atoms with Gasteiger partial charge in [0.25, 0.3) is 6.71 Å². The van der Waals surface area contributed by atoms with Crippen LogP contribution in [0.25, 0.3) is 143 Å². The molecule has 21 aromatic rings. The Morgan fingerprint density at radius 3 is 1.00 bits per heavy atom. The van der Waals surface area contributed by atoms with Crippen LogP contribution in [0.15, 0.2) is 370 Å². The minimum Gasteiger partial charge on any atom is -0.340 e. The van der Waals surface area contributed by atoms with E-state index in [1.807, 2.05) is 65.2 Å². The summed E-state index contributed by atoms with van der Waals surface area (Å²) in [7, 11) is 0. The van der Waals surface area contributed by atoms with E-state index in [2.05, 4.69) is 267 Å². The Balaban J connectivity index is 0.850. The van der Waals surface area contributed by atoms with Crippen LogP contribution >= 0.6 is 0 Å². The van der Waals surface area contributed by atoms with Crippen molar-refractivity contribution in [1.82, 2.24) is 18.3 Å². The van der Waals surface area contributed by atoms with Gasteiger partial charge in [0, 0.05) is 125 Å². The van der Waals surface area contributed by atoms with Gasteiger partial charge < -0.3 is 28.1 Å². The van der Waals surface area contributed by atoms with Gasteiger partial charge in [-0.3, -0.25) is 0 Å². The quantitative estimate of drug-likeness (QED) is 0.0956. The SMILES string of the molecule is [2H]c1c([2H])c([2H])c2c(c1[2H])c1cc(-n3c4c([2H])c([2H])c([2H])c([2H])c4c4c([2H])c([2H])c([2H])c([2H])c43)ccc1n2CCc1cc2c3c(c1)N(Cc1c(-c4ccccc4)cc(C(C)(C)C)cc1-c1ccccc1)c1cc(-n4c5c([2H])c([2H])c([2H])c([2H])c5c5c([2H])c([2H])c([2H])c([2H])c54)ccc1B3c1ccc(Cn3c4ccc(C(C)(C)C)cc4c4cc(C(C)(C)C)ccc43)cc1N2Cc1c(-c2ccccc2)cc(C(C)(C)C)cc1-c1ccccc1. The molecule has 6 heterocycles. The smallest absolute Gasteiger partial charge is 0.252 e. The Kier molecular flexibility index (Phi) is 14.4. The lowest BCUT2D eigenvalue weighted by atomic mass is 9.33. The highest BCUT2D eigenvalue weighted by molar-refractivity contribution is 7.00. The minimum absolute atomic E-state index is 0.0359. The maximum Gasteiger partial charge on any atom is 0.252 e. The third-order valence-corrected chi connectivity index (χ3v) is 27.2. The predicted molar refractivity (Wildman–Crippen MR) is 555 cm³/mol. The predicted octanol–water partition coefficient (Wildman–Crippen LogP) is 30.1. The summed E-state index contributed by atoms with van der Waals surface area (Å²) in [5.74, 6) is 0. The van der Waals surface area contributed by atoms with Crippen molar-refractivity contribution in [1.29, 1.82) is 0 Å². The standard InChI is InChI=1S/C123H107BN6/c1-120(2,3)85-54-60-109-100(68-85)101-69-86(121(4,5)6)55-61-110(101)126(109)76-80-53-58-105-115(67-80)127(77-103-96(81-35-17-13-18-36-81)70-87(122(7,8)9)71-97(103)82-37-19-14-20-38-82)117-65-79(63-64-125-107-48-30-25-47-95(107)102-74-89(57-62-108(102)125)129-111-49-31-26-43-91(111)92-44-27-32-50-112(92)129)66-118-119(117)124(105)106-59-56-90(130-113-51-33-28-45-93(113)94-46-29-34-52-114(94)130)75-116(106)128(118)78-104-98(83-39-21-15-22-40-83)72-88(123(10,11)12)73-99(104)84-41-23-16-24-42-84/h13-62,65-75H,63-64,76-78H2,1-12H3/i25D,26D,27D,28D,29D,30D,31D,32D,33D,34D,43D,44D,45D,46D,47D,48D,49D,50D,51D,52D. The van der Waals surface area contributed by atoms with Crippen LogP contribution in [-0.2, 0) is 54.3 Å². The third kappa shape index (κ3) is 13.5. The second-order valence-electron chi connectivity index (χ2n) is 39.3. The van der Waals surface area contributed by atoms with E-state index < -0.39 is 121 Å². The van der Waals surface area contributed by atoms with Gasteiger partial charge in [0.05, 0.1) is 49.5 Å². The van der Waals surface area contributed by atoms with Gasteiger partial charge in [0.15, 0.2) is 0 Å². The van der Waals surface area contributed by atoms with E-state index in [9.17, 15) is 21.9 Å². The number of fused-ring (bicyclic) bond motifs is 16. The Bertz CT molecular complexity index is 9060. The lowest BCUT2D eigenvalue weighted by Gasteiger charge is -2.45. The molecular formula is C123H107BN6. The summed E-state index contributed by atoms with van der Waals surface area (Å²) in [6, 6.07) is 77.5. The van der Waals surface area contributed by atoms with Crippen LogP contribution in [0.1, 0.15) is 155 Å². The average Bonchev–Trinajstić information content (AvgIpc) is 1.34. The van der Waals surface area contributed by atoms with E-state index in [1.165, 1.54) is 15.7 Å². The second kappa shape index (κ2) is 30.7. The molecule has 17 aromatic carbocycles. The average molecular weight is 1700 g/mol. The van der Waals surface area contributed by atoms with E-state index in [0.717, 1.165) is 133 Å². The molecule has 0 aliphatic carbocycles. The molecule has 0 N–H and O–H groups in total. The van der Waals surface area contributed by atoms with Crippen molar-refractivity contribution in [2.75, 3.05) is 9.80 Å². The normalized spacial score (nSPS) is 15.2.